The average Bonchev–Trinajstić information content (AvgIpc) is 2.80. The van der Waals surface area contributed by atoms with E-state index < -0.39 is 23.8 Å². The van der Waals surface area contributed by atoms with E-state index in [1.165, 1.54) is 0 Å². The Hall–Kier alpha value is -1.73. The molecule has 0 bridgehead atoms. The van der Waals surface area contributed by atoms with Crippen molar-refractivity contribution in [3.05, 3.63) is 12.2 Å². The Labute approximate surface area is 129 Å². The fraction of sp³-hybridized carbons (Fsp3) is 0.667. The molecular weight excluding hydrogens is 288 g/mol. The van der Waals surface area contributed by atoms with E-state index >= 15 is 0 Å². The summed E-state index contributed by atoms with van der Waals surface area (Å²) in [6.45, 7) is 3.73. The van der Waals surface area contributed by atoms with Crippen LogP contribution in [0.2, 0.25) is 0 Å². The molecule has 1 fully saturated rings. The van der Waals surface area contributed by atoms with Crippen LogP contribution in [0.4, 0.5) is 0 Å². The minimum atomic E-state index is -0.899. The number of carbonyl (C=O) groups excluding carboxylic acids is 2. The molecule has 0 radical (unpaired) electrons. The average molecular weight is 312 g/mol. The van der Waals surface area contributed by atoms with Gasteiger partial charge in [-0.2, -0.15) is 0 Å². The zero-order valence-corrected chi connectivity index (χ0v) is 13.0. The minimum absolute atomic E-state index is 0.0245. The van der Waals surface area contributed by atoms with Crippen molar-refractivity contribution in [3.8, 4) is 0 Å². The van der Waals surface area contributed by atoms with Crippen molar-refractivity contribution in [1.82, 2.24) is 5.32 Å². The first-order chi connectivity index (χ1) is 10.4. The maximum Gasteiger partial charge on any atom is 0.313 e. The van der Waals surface area contributed by atoms with Crippen LogP contribution in [0.1, 0.15) is 33.1 Å². The summed E-state index contributed by atoms with van der Waals surface area (Å²) in [6.07, 6.45) is 3.98. The van der Waals surface area contributed by atoms with E-state index in [-0.39, 0.29) is 37.5 Å². The molecule has 0 saturated carbocycles. The van der Waals surface area contributed by atoms with E-state index in [4.69, 9.17) is 15.6 Å². The minimum Gasteiger partial charge on any atom is -0.481 e. The molecule has 1 saturated heterocycles. The lowest BCUT2D eigenvalue weighted by Gasteiger charge is -2.23. The van der Waals surface area contributed by atoms with Crippen LogP contribution in [0.25, 0.3) is 0 Å². The Kier molecular flexibility index (Phi) is 7.20. The number of carbonyl (C=O) groups is 3. The van der Waals surface area contributed by atoms with Gasteiger partial charge in [0.15, 0.2) is 5.78 Å². The van der Waals surface area contributed by atoms with Gasteiger partial charge in [-0.25, -0.2) is 0 Å². The van der Waals surface area contributed by atoms with Crippen molar-refractivity contribution in [3.63, 3.8) is 0 Å². The second-order valence-corrected chi connectivity index (χ2v) is 5.39. The first-order valence-corrected chi connectivity index (χ1v) is 7.43. The Bertz CT molecular complexity index is 449. The third-order valence-electron chi connectivity index (χ3n) is 3.69. The summed E-state index contributed by atoms with van der Waals surface area (Å²) in [5.41, 5.74) is 5.98. The van der Waals surface area contributed by atoms with Crippen LogP contribution in [-0.2, 0) is 19.1 Å². The van der Waals surface area contributed by atoms with Crippen LogP contribution < -0.4 is 11.1 Å². The van der Waals surface area contributed by atoms with E-state index in [0.29, 0.717) is 6.42 Å². The Morgan fingerprint density at radius 1 is 1.45 bits per heavy atom. The molecular formula is C15H24N2O5. The van der Waals surface area contributed by atoms with E-state index in [0.717, 1.165) is 0 Å². The highest BCUT2D eigenvalue weighted by Gasteiger charge is 2.39. The predicted molar refractivity (Wildman–Crippen MR) is 80.1 cm³/mol. The van der Waals surface area contributed by atoms with Gasteiger partial charge in [-0.05, 0) is 26.2 Å². The standard InChI is InChI=1S/C15H24N2O5/c1-3-5-9-6-10(7-12(19)20)17-15(9)14(16)11(18)8-13(21)22-4-2/h3,5,9-10,14-15,17H,4,6-8,16H2,1-2H3,(H,19,20)/b5-3-. The molecule has 1 heterocycles. The second kappa shape index (κ2) is 8.65. The van der Waals surface area contributed by atoms with E-state index in [1.54, 1.807) is 6.92 Å². The number of carboxylic acid groups (broad SMARTS) is 1. The zero-order valence-electron chi connectivity index (χ0n) is 13.0. The fourth-order valence-electron chi connectivity index (χ4n) is 2.78. The summed E-state index contributed by atoms with van der Waals surface area (Å²) in [6, 6.07) is -1.47. The number of Topliss-reactive ketones (excluding diaryl/α,β-unsaturated/α-hetero) is 1. The number of rotatable bonds is 8. The topological polar surface area (TPSA) is 119 Å². The van der Waals surface area contributed by atoms with Crippen molar-refractivity contribution in [1.29, 1.82) is 0 Å². The summed E-state index contributed by atoms with van der Waals surface area (Å²) in [7, 11) is 0. The number of carboxylic acids is 1. The highest BCUT2D eigenvalue weighted by atomic mass is 16.5. The van der Waals surface area contributed by atoms with Crippen LogP contribution in [-0.4, -0.2) is 47.6 Å². The molecule has 0 aromatic carbocycles. The number of ether oxygens (including phenoxy) is 1. The number of aliphatic carboxylic acids is 1. The number of nitrogens with two attached hydrogens (primary N) is 1. The van der Waals surface area contributed by atoms with Gasteiger partial charge in [-0.1, -0.05) is 12.2 Å². The quantitative estimate of drug-likeness (QED) is 0.333. The summed E-state index contributed by atoms with van der Waals surface area (Å²) in [5, 5.41) is 12.0. The first-order valence-electron chi connectivity index (χ1n) is 7.43. The summed E-state index contributed by atoms with van der Waals surface area (Å²) in [5.74, 6) is -1.92. The lowest BCUT2D eigenvalue weighted by atomic mass is 9.90. The monoisotopic (exact) mass is 312 g/mol. The molecule has 1 aliphatic heterocycles. The molecule has 0 aromatic heterocycles. The lowest BCUT2D eigenvalue weighted by molar-refractivity contribution is -0.146. The number of allylic oxidation sites excluding steroid dienone is 1. The molecule has 4 atom stereocenters. The number of esters is 1. The lowest BCUT2D eigenvalue weighted by Crippen LogP contribution is -2.51. The highest BCUT2D eigenvalue weighted by Crippen LogP contribution is 2.26. The van der Waals surface area contributed by atoms with Gasteiger partial charge in [0.1, 0.15) is 6.42 Å². The molecule has 4 N–H and O–H groups in total. The van der Waals surface area contributed by atoms with Gasteiger partial charge < -0.3 is 20.9 Å². The Balaban J connectivity index is 2.71. The van der Waals surface area contributed by atoms with Crippen molar-refractivity contribution in [2.24, 2.45) is 11.7 Å². The van der Waals surface area contributed by atoms with E-state index in [9.17, 15) is 14.4 Å². The van der Waals surface area contributed by atoms with Crippen LogP contribution in [0.15, 0.2) is 12.2 Å². The molecule has 4 unspecified atom stereocenters. The molecule has 0 aliphatic carbocycles. The maximum absolute atomic E-state index is 12.1. The van der Waals surface area contributed by atoms with E-state index in [2.05, 4.69) is 5.32 Å². The van der Waals surface area contributed by atoms with E-state index in [1.807, 2.05) is 19.1 Å². The Morgan fingerprint density at radius 2 is 2.14 bits per heavy atom. The number of nitrogens with one attached hydrogen (secondary N) is 1. The molecule has 0 aromatic rings. The molecule has 7 nitrogen and oxygen atoms in total. The molecule has 1 rings (SSSR count). The summed E-state index contributed by atoms with van der Waals surface area (Å²) in [4.78, 5) is 34.3. The zero-order chi connectivity index (χ0) is 16.7. The van der Waals surface area contributed by atoms with Crippen molar-refractivity contribution in [2.45, 2.75) is 51.2 Å². The fourth-order valence-corrected chi connectivity index (χ4v) is 2.78. The van der Waals surface area contributed by atoms with Crippen LogP contribution in [0.3, 0.4) is 0 Å². The number of hydrogen-bond donors (Lipinski definition) is 3. The molecule has 1 aliphatic rings. The van der Waals surface area contributed by atoms with Crippen molar-refractivity contribution < 1.29 is 24.2 Å². The third-order valence-corrected chi connectivity index (χ3v) is 3.69. The molecule has 124 valence electrons. The highest BCUT2D eigenvalue weighted by molar-refractivity contribution is 5.98. The van der Waals surface area contributed by atoms with Gasteiger partial charge in [-0.15, -0.1) is 0 Å². The van der Waals surface area contributed by atoms with Gasteiger partial charge >= 0.3 is 11.9 Å². The number of hydrogen-bond acceptors (Lipinski definition) is 6. The SMILES string of the molecule is C/C=C\C1CC(CC(=O)O)NC1C(N)C(=O)CC(=O)OCC. The third kappa shape index (κ3) is 5.23. The molecule has 0 amide bonds. The second-order valence-electron chi connectivity index (χ2n) is 5.39. The number of ketones is 1. The summed E-state index contributed by atoms with van der Waals surface area (Å²) >= 11 is 0. The van der Waals surface area contributed by atoms with Crippen LogP contribution in [0.5, 0.6) is 0 Å². The van der Waals surface area contributed by atoms with Gasteiger partial charge in [0.05, 0.1) is 19.1 Å². The van der Waals surface area contributed by atoms with Crippen molar-refractivity contribution >= 4 is 17.7 Å². The van der Waals surface area contributed by atoms with Gasteiger partial charge in [0, 0.05) is 12.1 Å². The molecule has 22 heavy (non-hydrogen) atoms. The normalized spacial score (nSPS) is 26.0. The smallest absolute Gasteiger partial charge is 0.313 e. The summed E-state index contributed by atoms with van der Waals surface area (Å²) < 4.78 is 4.75. The predicted octanol–water partition coefficient (Wildman–Crippen LogP) is 0.234. The first kappa shape index (κ1) is 18.3. The van der Waals surface area contributed by atoms with Crippen LogP contribution in [0, 0.1) is 5.92 Å². The Morgan fingerprint density at radius 3 is 2.68 bits per heavy atom. The maximum atomic E-state index is 12.1. The van der Waals surface area contributed by atoms with Gasteiger partial charge in [0.25, 0.3) is 0 Å². The van der Waals surface area contributed by atoms with Gasteiger partial charge in [0.2, 0.25) is 0 Å². The largest absolute Gasteiger partial charge is 0.481 e. The molecule has 0 spiro atoms. The van der Waals surface area contributed by atoms with Gasteiger partial charge in [-0.3, -0.25) is 14.4 Å². The molecule has 7 heteroatoms. The van der Waals surface area contributed by atoms with Crippen LogP contribution >= 0.6 is 0 Å². The van der Waals surface area contributed by atoms with Crippen molar-refractivity contribution in [2.75, 3.05) is 6.61 Å².